The highest BCUT2D eigenvalue weighted by Crippen LogP contribution is 2.63. The van der Waals surface area contributed by atoms with E-state index in [2.05, 4.69) is 5.32 Å². The molecule has 0 aliphatic carbocycles. The lowest BCUT2D eigenvalue weighted by Crippen LogP contribution is -2.53. The first-order valence-corrected chi connectivity index (χ1v) is 12.8. The number of hydrogen-bond acceptors (Lipinski definition) is 6. The molecule has 35 heavy (non-hydrogen) atoms. The van der Waals surface area contributed by atoms with Gasteiger partial charge in [-0.05, 0) is 70.6 Å². The summed E-state index contributed by atoms with van der Waals surface area (Å²) in [7, 11) is 0. The van der Waals surface area contributed by atoms with Crippen molar-refractivity contribution in [3.05, 3.63) is 29.3 Å². The molecule has 1 spiro atoms. The van der Waals surface area contributed by atoms with Crippen molar-refractivity contribution in [2.75, 3.05) is 25.1 Å². The van der Waals surface area contributed by atoms with Crippen molar-refractivity contribution in [1.29, 1.82) is 0 Å². The molecule has 2 N–H and O–H groups in total. The van der Waals surface area contributed by atoms with Crippen LogP contribution in [0, 0.1) is 25.7 Å². The Hall–Kier alpha value is -2.45. The Morgan fingerprint density at radius 3 is 2.66 bits per heavy atom. The number of aliphatic hydroxyl groups excluding tert-OH is 1. The van der Waals surface area contributed by atoms with Crippen molar-refractivity contribution in [2.45, 2.75) is 83.5 Å². The maximum atomic E-state index is 13.9. The lowest BCUT2D eigenvalue weighted by atomic mass is 9.66. The average molecular weight is 487 g/mol. The van der Waals surface area contributed by atoms with Crippen LogP contribution in [0.5, 0.6) is 0 Å². The van der Waals surface area contributed by atoms with Crippen molar-refractivity contribution < 1.29 is 29.0 Å². The molecule has 1 aromatic rings. The van der Waals surface area contributed by atoms with Crippen LogP contribution in [0.25, 0.3) is 0 Å². The Bertz CT molecular complexity index is 996. The van der Waals surface area contributed by atoms with Gasteiger partial charge < -0.3 is 24.8 Å². The summed E-state index contributed by atoms with van der Waals surface area (Å²) in [6.45, 7) is 8.29. The molecule has 1 aromatic carbocycles. The molecule has 8 nitrogen and oxygen atoms in total. The van der Waals surface area contributed by atoms with Gasteiger partial charge >= 0.3 is 5.97 Å². The number of carbonyl (C=O) groups excluding carboxylic acids is 3. The van der Waals surface area contributed by atoms with Gasteiger partial charge in [-0.15, -0.1) is 0 Å². The topological polar surface area (TPSA) is 105 Å². The van der Waals surface area contributed by atoms with E-state index in [4.69, 9.17) is 14.6 Å². The molecule has 0 aromatic heterocycles. The number of fused-ring (bicyclic) bond motifs is 1. The molecule has 3 aliphatic rings. The van der Waals surface area contributed by atoms with Gasteiger partial charge in [0.25, 0.3) is 0 Å². The monoisotopic (exact) mass is 486 g/mol. The number of nitrogens with zero attached hydrogens (tertiary/aromatic N) is 1. The molecule has 2 unspecified atom stereocenters. The third-order valence-corrected chi connectivity index (χ3v) is 8.02. The van der Waals surface area contributed by atoms with E-state index in [1.807, 2.05) is 39.0 Å². The number of nitrogens with one attached hydrogen (secondary N) is 1. The summed E-state index contributed by atoms with van der Waals surface area (Å²) in [5, 5.41) is 12.1. The van der Waals surface area contributed by atoms with Gasteiger partial charge in [0.15, 0.2) is 0 Å². The van der Waals surface area contributed by atoms with E-state index in [0.29, 0.717) is 37.9 Å². The third kappa shape index (κ3) is 4.35. The molecule has 8 heteroatoms. The number of amides is 2. The van der Waals surface area contributed by atoms with Crippen LogP contribution in [0.2, 0.25) is 0 Å². The molecule has 3 heterocycles. The predicted molar refractivity (Wildman–Crippen MR) is 131 cm³/mol. The predicted octanol–water partition coefficient (Wildman–Crippen LogP) is 3.12. The molecule has 4 rings (SSSR count). The SMILES string of the molecule is CCOC(=O)[C@@H]1[C@H]2C(=O)N(CCCCCCO)C(C(=O)Nc3cc(C)ccc3C)C23CC[C@@]1(C)O3. The summed E-state index contributed by atoms with van der Waals surface area (Å²) in [5.74, 6) is -2.35. The van der Waals surface area contributed by atoms with Gasteiger partial charge in [0.2, 0.25) is 11.8 Å². The molecular formula is C27H38N2O6. The summed E-state index contributed by atoms with van der Waals surface area (Å²) in [5.41, 5.74) is 0.809. The largest absolute Gasteiger partial charge is 0.466 e. The minimum Gasteiger partial charge on any atom is -0.466 e. The van der Waals surface area contributed by atoms with Crippen LogP contribution in [0.15, 0.2) is 18.2 Å². The van der Waals surface area contributed by atoms with Crippen molar-refractivity contribution in [1.82, 2.24) is 4.90 Å². The lowest BCUT2D eigenvalue weighted by molar-refractivity contribution is -0.158. The molecule has 3 saturated heterocycles. The number of aryl methyl sites for hydroxylation is 2. The van der Waals surface area contributed by atoms with Gasteiger partial charge in [-0.25, -0.2) is 0 Å². The number of anilines is 1. The van der Waals surface area contributed by atoms with Gasteiger partial charge in [0.1, 0.15) is 17.6 Å². The number of aliphatic hydroxyl groups is 1. The van der Waals surface area contributed by atoms with E-state index in [9.17, 15) is 14.4 Å². The van der Waals surface area contributed by atoms with Crippen LogP contribution < -0.4 is 5.32 Å². The zero-order valence-electron chi connectivity index (χ0n) is 21.3. The Morgan fingerprint density at radius 2 is 1.94 bits per heavy atom. The van der Waals surface area contributed by atoms with Gasteiger partial charge in [-0.2, -0.15) is 0 Å². The Kier molecular flexibility index (Phi) is 7.25. The molecule has 2 bridgehead atoms. The standard InChI is InChI=1S/C27H38N2O6/c1-5-34-25(33)21-20-24(32)29(14-8-6-7-9-15-30)22(27(20)13-12-26(21,4)35-27)23(31)28-19-16-17(2)10-11-18(19)3/h10-11,16,20-22,30H,5-9,12-15H2,1-4H3,(H,28,31)/t20-,21-,22?,26+,27?/m0/s1. The third-order valence-electron chi connectivity index (χ3n) is 8.02. The van der Waals surface area contributed by atoms with E-state index in [0.717, 1.165) is 24.0 Å². The van der Waals surface area contributed by atoms with Gasteiger partial charge in [0, 0.05) is 18.8 Å². The highest BCUT2D eigenvalue weighted by atomic mass is 16.6. The Morgan fingerprint density at radius 1 is 1.20 bits per heavy atom. The first-order chi connectivity index (χ1) is 16.7. The number of rotatable bonds is 10. The van der Waals surface area contributed by atoms with E-state index < -0.39 is 35.0 Å². The maximum Gasteiger partial charge on any atom is 0.312 e. The Labute approximate surface area is 207 Å². The summed E-state index contributed by atoms with van der Waals surface area (Å²) in [4.78, 5) is 42.4. The van der Waals surface area contributed by atoms with Crippen LogP contribution in [0.4, 0.5) is 5.69 Å². The maximum absolute atomic E-state index is 13.9. The second kappa shape index (κ2) is 9.90. The number of ether oxygens (including phenoxy) is 2. The van der Waals surface area contributed by atoms with Gasteiger partial charge in [0.05, 0.1) is 18.1 Å². The smallest absolute Gasteiger partial charge is 0.312 e. The van der Waals surface area contributed by atoms with Crippen molar-refractivity contribution >= 4 is 23.5 Å². The zero-order valence-corrected chi connectivity index (χ0v) is 21.3. The molecule has 5 atom stereocenters. The number of hydrogen-bond donors (Lipinski definition) is 2. The van der Waals surface area contributed by atoms with E-state index in [1.54, 1.807) is 11.8 Å². The van der Waals surface area contributed by atoms with Gasteiger partial charge in [-0.1, -0.05) is 25.0 Å². The molecule has 0 radical (unpaired) electrons. The van der Waals surface area contributed by atoms with Crippen molar-refractivity contribution in [2.24, 2.45) is 11.8 Å². The Balaban J connectivity index is 1.67. The summed E-state index contributed by atoms with van der Waals surface area (Å²) >= 11 is 0. The van der Waals surface area contributed by atoms with Crippen LogP contribution >= 0.6 is 0 Å². The average Bonchev–Trinajstić information content (AvgIpc) is 3.37. The molecule has 3 aliphatic heterocycles. The number of benzene rings is 1. The normalized spacial score (nSPS) is 31.1. The summed E-state index contributed by atoms with van der Waals surface area (Å²) in [6, 6.07) is 5.05. The minimum atomic E-state index is -1.05. The lowest BCUT2D eigenvalue weighted by Gasteiger charge is -2.33. The zero-order chi connectivity index (χ0) is 25.4. The number of carbonyl (C=O) groups is 3. The van der Waals surface area contributed by atoms with E-state index >= 15 is 0 Å². The number of unbranched alkanes of at least 4 members (excludes halogenated alkanes) is 3. The van der Waals surface area contributed by atoms with Crippen molar-refractivity contribution in [3.63, 3.8) is 0 Å². The second-order valence-corrected chi connectivity index (χ2v) is 10.5. The fourth-order valence-electron chi connectivity index (χ4n) is 6.38. The van der Waals surface area contributed by atoms with E-state index in [1.165, 1.54) is 0 Å². The molecule has 3 fully saturated rings. The number of esters is 1. The molecule has 192 valence electrons. The fraction of sp³-hybridized carbons (Fsp3) is 0.667. The summed E-state index contributed by atoms with van der Waals surface area (Å²) in [6.07, 6.45) is 4.26. The van der Waals surface area contributed by atoms with Gasteiger partial charge in [-0.3, -0.25) is 14.4 Å². The van der Waals surface area contributed by atoms with Crippen LogP contribution in [0.1, 0.15) is 63.5 Å². The quantitative estimate of drug-likeness (QED) is 0.389. The highest BCUT2D eigenvalue weighted by molar-refractivity contribution is 6.03. The fourth-order valence-corrected chi connectivity index (χ4v) is 6.38. The van der Waals surface area contributed by atoms with Crippen LogP contribution in [-0.4, -0.2) is 64.8 Å². The van der Waals surface area contributed by atoms with Crippen LogP contribution in [-0.2, 0) is 23.9 Å². The van der Waals surface area contributed by atoms with Crippen LogP contribution in [0.3, 0.4) is 0 Å². The highest BCUT2D eigenvalue weighted by Gasteiger charge is 2.78. The number of likely N-dealkylation sites (tertiary alicyclic amines) is 1. The molecule has 0 saturated carbocycles. The van der Waals surface area contributed by atoms with Crippen molar-refractivity contribution in [3.8, 4) is 0 Å². The first kappa shape index (κ1) is 25.6. The molecule has 2 amide bonds. The first-order valence-electron chi connectivity index (χ1n) is 12.8. The van der Waals surface area contributed by atoms with E-state index in [-0.39, 0.29) is 25.0 Å². The summed E-state index contributed by atoms with van der Waals surface area (Å²) < 4.78 is 11.9. The minimum absolute atomic E-state index is 0.141. The molecular weight excluding hydrogens is 448 g/mol. The second-order valence-electron chi connectivity index (χ2n) is 10.5.